The molecule has 0 aromatic carbocycles. The maximum absolute atomic E-state index is 13.0. The van der Waals surface area contributed by atoms with Crippen LogP contribution in [0.5, 0.6) is 0 Å². The predicted octanol–water partition coefficient (Wildman–Crippen LogP) is 2.26. The highest BCUT2D eigenvalue weighted by Gasteiger charge is 2.31. The van der Waals surface area contributed by atoms with Crippen LogP contribution in [0.3, 0.4) is 0 Å². The van der Waals surface area contributed by atoms with Crippen LogP contribution in [0.2, 0.25) is 0 Å². The zero-order valence-electron chi connectivity index (χ0n) is 17.1. The first-order valence-corrected chi connectivity index (χ1v) is 10.3. The molecule has 9 heteroatoms. The van der Waals surface area contributed by atoms with E-state index in [1.54, 1.807) is 6.07 Å². The summed E-state index contributed by atoms with van der Waals surface area (Å²) in [5.74, 6) is 2.00. The second-order valence-corrected chi connectivity index (χ2v) is 7.90. The van der Waals surface area contributed by atoms with E-state index in [2.05, 4.69) is 25.8 Å². The lowest BCUT2D eigenvalue weighted by atomic mass is 9.95. The van der Waals surface area contributed by atoms with Crippen molar-refractivity contribution in [2.45, 2.75) is 19.8 Å². The molecule has 4 rings (SSSR count). The minimum absolute atomic E-state index is 0.0141. The van der Waals surface area contributed by atoms with Crippen molar-refractivity contribution in [1.82, 2.24) is 14.9 Å². The number of carbonyl (C=O) groups excluding carboxylic acids is 1. The zero-order valence-corrected chi connectivity index (χ0v) is 17.1. The van der Waals surface area contributed by atoms with E-state index in [0.717, 1.165) is 37.3 Å². The minimum atomic E-state index is -0.451. The highest BCUT2D eigenvalue weighted by molar-refractivity contribution is 5.79. The van der Waals surface area contributed by atoms with Gasteiger partial charge in [0.15, 0.2) is 0 Å². The molecule has 0 bridgehead atoms. The van der Waals surface area contributed by atoms with E-state index in [9.17, 15) is 14.9 Å². The highest BCUT2D eigenvalue weighted by atomic mass is 16.6. The minimum Gasteiger partial charge on any atom is -0.357 e. The Morgan fingerprint density at radius 2 is 1.53 bits per heavy atom. The van der Waals surface area contributed by atoms with Crippen molar-refractivity contribution in [3.05, 3.63) is 52.3 Å². The maximum atomic E-state index is 13.0. The summed E-state index contributed by atoms with van der Waals surface area (Å²) in [4.78, 5) is 38.3. The summed E-state index contributed by atoms with van der Waals surface area (Å²) in [6, 6.07) is 7.25. The van der Waals surface area contributed by atoms with Gasteiger partial charge in [-0.2, -0.15) is 0 Å². The van der Waals surface area contributed by atoms with Crippen molar-refractivity contribution in [3.8, 4) is 0 Å². The lowest BCUT2D eigenvalue weighted by Gasteiger charge is -2.39. The van der Waals surface area contributed by atoms with Gasteiger partial charge in [0, 0.05) is 57.4 Å². The Balaban J connectivity index is 1.27. The van der Waals surface area contributed by atoms with Gasteiger partial charge in [0.2, 0.25) is 5.91 Å². The molecule has 1 amide bonds. The SMILES string of the molecule is Cc1ccc(N2CCC(C(=O)N3CCN(c4ccc([N+](=O)[O-])cn4)CC3)CC2)nc1. The molecule has 0 aliphatic carbocycles. The van der Waals surface area contributed by atoms with Gasteiger partial charge < -0.3 is 14.7 Å². The first kappa shape index (κ1) is 20.1. The van der Waals surface area contributed by atoms with E-state index in [4.69, 9.17) is 0 Å². The number of aromatic nitrogens is 2. The molecule has 0 spiro atoms. The summed E-state index contributed by atoms with van der Waals surface area (Å²) in [5.41, 5.74) is 1.13. The molecule has 2 aliphatic rings. The Hall–Kier alpha value is -3.23. The van der Waals surface area contributed by atoms with E-state index in [1.165, 1.54) is 12.3 Å². The average molecular weight is 410 g/mol. The number of piperidine rings is 1. The van der Waals surface area contributed by atoms with Crippen molar-refractivity contribution >= 4 is 23.2 Å². The molecule has 2 aliphatic heterocycles. The number of anilines is 2. The van der Waals surface area contributed by atoms with Gasteiger partial charge in [0.25, 0.3) is 5.69 Å². The number of amides is 1. The molecule has 2 saturated heterocycles. The molecule has 9 nitrogen and oxygen atoms in total. The summed E-state index contributed by atoms with van der Waals surface area (Å²) in [6.45, 7) is 6.39. The summed E-state index contributed by atoms with van der Waals surface area (Å²) in [6.07, 6.45) is 4.85. The first-order chi connectivity index (χ1) is 14.5. The number of piperazine rings is 1. The summed E-state index contributed by atoms with van der Waals surface area (Å²) < 4.78 is 0. The van der Waals surface area contributed by atoms with Gasteiger partial charge in [-0.3, -0.25) is 14.9 Å². The third-order valence-corrected chi connectivity index (χ3v) is 5.92. The largest absolute Gasteiger partial charge is 0.357 e. The summed E-state index contributed by atoms with van der Waals surface area (Å²) >= 11 is 0. The van der Waals surface area contributed by atoms with Crippen molar-refractivity contribution in [1.29, 1.82) is 0 Å². The quantitative estimate of drug-likeness (QED) is 0.563. The number of nitro groups is 1. The van der Waals surface area contributed by atoms with Gasteiger partial charge in [-0.05, 0) is 37.5 Å². The molecule has 158 valence electrons. The van der Waals surface area contributed by atoms with Gasteiger partial charge in [0.1, 0.15) is 17.8 Å². The lowest BCUT2D eigenvalue weighted by Crippen LogP contribution is -2.52. The molecule has 2 aromatic heterocycles. The molecule has 0 radical (unpaired) electrons. The van der Waals surface area contributed by atoms with Gasteiger partial charge in [-0.15, -0.1) is 0 Å². The van der Waals surface area contributed by atoms with Crippen LogP contribution >= 0.6 is 0 Å². The number of carbonyl (C=O) groups is 1. The van der Waals surface area contributed by atoms with Crippen LogP contribution in [-0.2, 0) is 4.79 Å². The second kappa shape index (κ2) is 8.64. The molecule has 2 aromatic rings. The van der Waals surface area contributed by atoms with E-state index >= 15 is 0 Å². The standard InChI is InChI=1S/C21H26N6O3/c1-16-2-4-19(22-14-16)24-8-6-17(7-9-24)21(28)26-12-10-25(11-13-26)20-5-3-18(15-23-20)27(29)30/h2-5,14-15,17H,6-13H2,1H3. The molecule has 30 heavy (non-hydrogen) atoms. The van der Waals surface area contributed by atoms with E-state index in [1.807, 2.05) is 24.1 Å². The van der Waals surface area contributed by atoms with Crippen LogP contribution in [0.1, 0.15) is 18.4 Å². The number of hydrogen-bond acceptors (Lipinski definition) is 7. The topological polar surface area (TPSA) is 95.7 Å². The molecule has 2 fully saturated rings. The second-order valence-electron chi connectivity index (χ2n) is 7.90. The Labute approximate surface area is 175 Å². The molecule has 4 heterocycles. The van der Waals surface area contributed by atoms with E-state index in [0.29, 0.717) is 32.0 Å². The maximum Gasteiger partial charge on any atom is 0.287 e. The van der Waals surface area contributed by atoms with Crippen LogP contribution in [0, 0.1) is 23.0 Å². The highest BCUT2D eigenvalue weighted by Crippen LogP contribution is 2.25. The van der Waals surface area contributed by atoms with E-state index in [-0.39, 0.29) is 17.5 Å². The third kappa shape index (κ3) is 4.34. The van der Waals surface area contributed by atoms with Gasteiger partial charge >= 0.3 is 0 Å². The van der Waals surface area contributed by atoms with Crippen LogP contribution in [0.4, 0.5) is 17.3 Å². The predicted molar refractivity (Wildman–Crippen MR) is 114 cm³/mol. The monoisotopic (exact) mass is 410 g/mol. The smallest absolute Gasteiger partial charge is 0.287 e. The van der Waals surface area contributed by atoms with Crippen molar-refractivity contribution in [2.24, 2.45) is 5.92 Å². The number of hydrogen-bond donors (Lipinski definition) is 0. The third-order valence-electron chi connectivity index (χ3n) is 5.92. The molecular formula is C21H26N6O3. The van der Waals surface area contributed by atoms with Crippen LogP contribution in [0.15, 0.2) is 36.7 Å². The molecule has 0 unspecified atom stereocenters. The molecule has 0 N–H and O–H groups in total. The fourth-order valence-electron chi connectivity index (χ4n) is 4.09. The van der Waals surface area contributed by atoms with Gasteiger partial charge in [-0.25, -0.2) is 9.97 Å². The van der Waals surface area contributed by atoms with Crippen molar-refractivity contribution < 1.29 is 9.72 Å². The fraction of sp³-hybridized carbons (Fsp3) is 0.476. The average Bonchev–Trinajstić information content (AvgIpc) is 2.79. The zero-order chi connectivity index (χ0) is 21.1. The van der Waals surface area contributed by atoms with Crippen LogP contribution in [0.25, 0.3) is 0 Å². The van der Waals surface area contributed by atoms with Crippen molar-refractivity contribution in [2.75, 3.05) is 49.1 Å². The Morgan fingerprint density at radius 1 is 0.933 bits per heavy atom. The van der Waals surface area contributed by atoms with Crippen molar-refractivity contribution in [3.63, 3.8) is 0 Å². The first-order valence-electron chi connectivity index (χ1n) is 10.3. The number of nitrogens with zero attached hydrogens (tertiary/aromatic N) is 6. The summed E-state index contributed by atoms with van der Waals surface area (Å²) in [7, 11) is 0. The number of rotatable bonds is 4. The van der Waals surface area contributed by atoms with Crippen LogP contribution < -0.4 is 9.80 Å². The normalized spacial score (nSPS) is 17.8. The number of pyridine rings is 2. The Kier molecular flexibility index (Phi) is 5.78. The molecular weight excluding hydrogens is 384 g/mol. The van der Waals surface area contributed by atoms with E-state index < -0.39 is 4.92 Å². The number of aryl methyl sites for hydroxylation is 1. The van der Waals surface area contributed by atoms with Crippen LogP contribution in [-0.4, -0.2) is 65.0 Å². The Morgan fingerprint density at radius 3 is 2.07 bits per heavy atom. The Bertz CT molecular complexity index is 886. The van der Waals surface area contributed by atoms with Gasteiger partial charge in [0.05, 0.1) is 4.92 Å². The fourth-order valence-corrected chi connectivity index (χ4v) is 4.09. The molecule has 0 atom stereocenters. The van der Waals surface area contributed by atoms with Gasteiger partial charge in [-0.1, -0.05) is 6.07 Å². The lowest BCUT2D eigenvalue weighted by molar-refractivity contribution is -0.385. The summed E-state index contributed by atoms with van der Waals surface area (Å²) in [5, 5.41) is 10.8. The molecule has 0 saturated carbocycles.